The van der Waals surface area contributed by atoms with Crippen LogP contribution in [-0.2, 0) is 9.53 Å². The highest BCUT2D eigenvalue weighted by atomic mass is 16.5. The minimum Gasteiger partial charge on any atom is -0.463 e. The minimum atomic E-state index is -0.328. The molecule has 1 aliphatic rings. The molecule has 0 radical (unpaired) electrons. The summed E-state index contributed by atoms with van der Waals surface area (Å²) in [6.07, 6.45) is 3.66. The van der Waals surface area contributed by atoms with Gasteiger partial charge in [0.25, 0.3) is 0 Å². The number of carbonyl (C=O) groups excluding carboxylic acids is 1. The number of aromatic amines is 1. The molecule has 0 saturated carbocycles. The number of para-hydroxylation sites is 3. The van der Waals surface area contributed by atoms with Gasteiger partial charge in [0.1, 0.15) is 0 Å². The molecule has 0 bridgehead atoms. The third-order valence-electron chi connectivity index (χ3n) is 5.63. The van der Waals surface area contributed by atoms with Gasteiger partial charge in [-0.2, -0.15) is 0 Å². The average molecular weight is 400 g/mol. The van der Waals surface area contributed by atoms with Crippen LogP contribution in [-0.4, -0.2) is 27.1 Å². The molecule has 0 aliphatic carbocycles. The fourth-order valence-electron chi connectivity index (χ4n) is 4.40. The molecular formula is C24H24N4O2. The largest absolute Gasteiger partial charge is 0.463 e. The summed E-state index contributed by atoms with van der Waals surface area (Å²) in [6.45, 7) is 4.28. The zero-order chi connectivity index (χ0) is 20.7. The lowest BCUT2D eigenvalue weighted by atomic mass is 9.93. The van der Waals surface area contributed by atoms with Crippen LogP contribution in [0.4, 0.5) is 5.95 Å². The summed E-state index contributed by atoms with van der Waals surface area (Å²) in [6, 6.07) is 15.9. The lowest BCUT2D eigenvalue weighted by Crippen LogP contribution is -2.29. The summed E-state index contributed by atoms with van der Waals surface area (Å²) in [7, 11) is 0. The van der Waals surface area contributed by atoms with E-state index in [9.17, 15) is 4.79 Å². The van der Waals surface area contributed by atoms with Crippen LogP contribution in [0.2, 0.25) is 0 Å². The van der Waals surface area contributed by atoms with E-state index in [1.165, 1.54) is 0 Å². The summed E-state index contributed by atoms with van der Waals surface area (Å²) >= 11 is 0. The van der Waals surface area contributed by atoms with Crippen LogP contribution in [0.25, 0.3) is 21.9 Å². The van der Waals surface area contributed by atoms with E-state index in [2.05, 4.69) is 27.9 Å². The number of nitrogens with one attached hydrogen (secondary N) is 2. The average Bonchev–Trinajstić information content (AvgIpc) is 3.34. The lowest BCUT2D eigenvalue weighted by molar-refractivity contribution is -0.139. The van der Waals surface area contributed by atoms with E-state index in [0.29, 0.717) is 12.2 Å². The van der Waals surface area contributed by atoms with E-state index in [1.807, 2.05) is 55.6 Å². The Balaban J connectivity index is 1.83. The summed E-state index contributed by atoms with van der Waals surface area (Å²) in [5.41, 5.74) is 5.48. The zero-order valence-corrected chi connectivity index (χ0v) is 17.1. The second-order valence-electron chi connectivity index (χ2n) is 7.47. The molecule has 1 atom stereocenters. The molecule has 0 fully saturated rings. The Kier molecular flexibility index (Phi) is 4.54. The van der Waals surface area contributed by atoms with Crippen LogP contribution >= 0.6 is 0 Å². The molecule has 5 rings (SSSR count). The number of aromatic nitrogens is 3. The monoisotopic (exact) mass is 400 g/mol. The van der Waals surface area contributed by atoms with Crippen LogP contribution in [0.5, 0.6) is 0 Å². The summed E-state index contributed by atoms with van der Waals surface area (Å²) in [5, 5.41) is 4.53. The van der Waals surface area contributed by atoms with Gasteiger partial charge in [-0.25, -0.2) is 9.78 Å². The Labute approximate surface area is 174 Å². The number of esters is 1. The fraction of sp³-hybridized carbons (Fsp3) is 0.250. The normalized spacial score (nSPS) is 16.0. The highest BCUT2D eigenvalue weighted by Crippen LogP contribution is 2.42. The molecule has 1 aliphatic heterocycles. The number of hydrogen-bond acceptors (Lipinski definition) is 4. The molecule has 0 saturated heterocycles. The van der Waals surface area contributed by atoms with Gasteiger partial charge in [0.15, 0.2) is 0 Å². The number of ether oxygens (including phenoxy) is 1. The number of benzene rings is 2. The molecule has 152 valence electrons. The van der Waals surface area contributed by atoms with E-state index in [1.54, 1.807) is 0 Å². The van der Waals surface area contributed by atoms with Gasteiger partial charge >= 0.3 is 5.97 Å². The van der Waals surface area contributed by atoms with Gasteiger partial charge in [-0.1, -0.05) is 43.7 Å². The Morgan fingerprint density at radius 2 is 1.93 bits per heavy atom. The fourth-order valence-corrected chi connectivity index (χ4v) is 4.40. The summed E-state index contributed by atoms with van der Waals surface area (Å²) in [4.78, 5) is 21.4. The first-order valence-corrected chi connectivity index (χ1v) is 10.4. The molecule has 30 heavy (non-hydrogen) atoms. The van der Waals surface area contributed by atoms with E-state index >= 15 is 0 Å². The first kappa shape index (κ1) is 18.5. The molecule has 0 spiro atoms. The van der Waals surface area contributed by atoms with Crippen molar-refractivity contribution in [2.45, 2.75) is 32.7 Å². The second-order valence-corrected chi connectivity index (χ2v) is 7.47. The predicted octanol–water partition coefficient (Wildman–Crippen LogP) is 5.15. The maximum atomic E-state index is 13.2. The number of allylic oxidation sites excluding steroid dienone is 1. The number of nitrogens with zero attached hydrogens (tertiary/aromatic N) is 2. The van der Waals surface area contributed by atoms with Crippen LogP contribution < -0.4 is 5.32 Å². The zero-order valence-electron chi connectivity index (χ0n) is 17.1. The predicted molar refractivity (Wildman–Crippen MR) is 118 cm³/mol. The standard InChI is InChI=1S/C24H24N4O2/c1-3-9-19-21(23(29)30-4-2)22(16-14-25-17-11-6-5-10-15(16)17)28-20-13-8-7-12-18(20)26-24(28)27-19/h5-8,10-14,22,25H,3-4,9H2,1-2H3,(H,26,27)/t22-/m0/s1. The SMILES string of the molecule is CCCC1=C(C(=O)OCC)[C@H](c2c[nH]c3ccccc23)n2c(nc3ccccc32)N1. The Hall–Kier alpha value is -3.54. The minimum absolute atomic E-state index is 0.285. The quantitative estimate of drug-likeness (QED) is 0.455. The number of imidazole rings is 1. The molecule has 3 heterocycles. The van der Waals surface area contributed by atoms with Crippen LogP contribution in [0, 0.1) is 0 Å². The summed E-state index contributed by atoms with van der Waals surface area (Å²) < 4.78 is 7.64. The van der Waals surface area contributed by atoms with Crippen molar-refractivity contribution >= 4 is 33.9 Å². The molecular weight excluding hydrogens is 376 g/mol. The van der Waals surface area contributed by atoms with Crippen molar-refractivity contribution in [3.63, 3.8) is 0 Å². The van der Waals surface area contributed by atoms with Gasteiger partial charge in [-0.05, 0) is 31.5 Å². The van der Waals surface area contributed by atoms with E-state index in [-0.39, 0.29) is 12.0 Å². The number of H-pyrrole nitrogens is 1. The van der Waals surface area contributed by atoms with Gasteiger partial charge < -0.3 is 15.0 Å². The third kappa shape index (κ3) is 2.79. The molecule has 4 aromatic rings. The van der Waals surface area contributed by atoms with Gasteiger partial charge in [0.2, 0.25) is 5.95 Å². The van der Waals surface area contributed by atoms with Crippen molar-refractivity contribution in [2.24, 2.45) is 0 Å². The Morgan fingerprint density at radius 1 is 1.13 bits per heavy atom. The molecule has 2 aromatic heterocycles. The van der Waals surface area contributed by atoms with Gasteiger partial charge in [-0.15, -0.1) is 0 Å². The maximum absolute atomic E-state index is 13.2. The topological polar surface area (TPSA) is 71.9 Å². The maximum Gasteiger partial charge on any atom is 0.338 e. The molecule has 6 nitrogen and oxygen atoms in total. The number of anilines is 1. The number of rotatable bonds is 5. The van der Waals surface area contributed by atoms with Crippen molar-refractivity contribution in [3.8, 4) is 0 Å². The molecule has 2 aromatic carbocycles. The summed E-state index contributed by atoms with van der Waals surface area (Å²) in [5.74, 6) is 0.468. The first-order valence-electron chi connectivity index (χ1n) is 10.4. The van der Waals surface area contributed by atoms with Crippen molar-refractivity contribution in [1.29, 1.82) is 0 Å². The number of carbonyl (C=O) groups is 1. The molecule has 6 heteroatoms. The highest BCUT2D eigenvalue weighted by Gasteiger charge is 2.37. The number of hydrogen-bond donors (Lipinski definition) is 2. The molecule has 0 unspecified atom stereocenters. The van der Waals surface area contributed by atoms with Crippen LogP contribution in [0.1, 0.15) is 38.3 Å². The third-order valence-corrected chi connectivity index (χ3v) is 5.63. The van der Waals surface area contributed by atoms with Crippen LogP contribution in [0.3, 0.4) is 0 Å². The van der Waals surface area contributed by atoms with E-state index in [0.717, 1.165) is 52.0 Å². The van der Waals surface area contributed by atoms with E-state index < -0.39 is 0 Å². The highest BCUT2D eigenvalue weighted by molar-refractivity contribution is 5.96. The first-order chi connectivity index (χ1) is 14.7. The van der Waals surface area contributed by atoms with Crippen molar-refractivity contribution in [2.75, 3.05) is 11.9 Å². The number of fused-ring (bicyclic) bond motifs is 4. The van der Waals surface area contributed by atoms with Gasteiger partial charge in [-0.3, -0.25) is 4.57 Å². The second kappa shape index (κ2) is 7.37. The molecule has 2 N–H and O–H groups in total. The van der Waals surface area contributed by atoms with E-state index in [4.69, 9.17) is 9.72 Å². The van der Waals surface area contributed by atoms with Crippen molar-refractivity contribution in [3.05, 3.63) is 71.6 Å². The lowest BCUT2D eigenvalue weighted by Gasteiger charge is -2.31. The Morgan fingerprint density at radius 3 is 2.77 bits per heavy atom. The van der Waals surface area contributed by atoms with Gasteiger partial charge in [0, 0.05) is 28.4 Å². The Bertz CT molecular complexity index is 1280. The molecule has 0 amide bonds. The smallest absolute Gasteiger partial charge is 0.338 e. The van der Waals surface area contributed by atoms with Gasteiger partial charge in [0.05, 0.1) is 29.3 Å². The van der Waals surface area contributed by atoms with Crippen molar-refractivity contribution < 1.29 is 9.53 Å². The van der Waals surface area contributed by atoms with Crippen molar-refractivity contribution in [1.82, 2.24) is 14.5 Å². The van der Waals surface area contributed by atoms with Crippen LogP contribution in [0.15, 0.2) is 66.0 Å².